The Labute approximate surface area is 112 Å². The zero-order chi connectivity index (χ0) is 13.5. The van der Waals surface area contributed by atoms with E-state index in [9.17, 15) is 8.42 Å². The average Bonchev–Trinajstić information content (AvgIpc) is 2.82. The summed E-state index contributed by atoms with van der Waals surface area (Å²) in [5.41, 5.74) is 1.76. The molecular weight excluding hydrogens is 264 g/mol. The molecule has 0 N–H and O–H groups in total. The molecule has 0 spiro atoms. The Morgan fingerprint density at radius 1 is 1.26 bits per heavy atom. The first-order valence-electron chi connectivity index (χ1n) is 6.28. The largest absolute Gasteiger partial charge is 0.312 e. The van der Waals surface area contributed by atoms with E-state index < -0.39 is 10.0 Å². The van der Waals surface area contributed by atoms with Crippen molar-refractivity contribution in [1.29, 1.82) is 0 Å². The van der Waals surface area contributed by atoms with Crippen molar-refractivity contribution < 1.29 is 8.42 Å². The number of hydrogen-bond donors (Lipinski definition) is 0. The molecule has 2 aromatic heterocycles. The minimum Gasteiger partial charge on any atom is -0.312 e. The van der Waals surface area contributed by atoms with Gasteiger partial charge >= 0.3 is 0 Å². The molecule has 102 valence electrons. The number of imidazole rings is 1. The van der Waals surface area contributed by atoms with Crippen LogP contribution in [0.4, 0.5) is 0 Å². The van der Waals surface area contributed by atoms with Crippen molar-refractivity contribution in [2.45, 2.75) is 18.9 Å². The smallest absolute Gasteiger partial charge is 0.211 e. The van der Waals surface area contributed by atoms with E-state index in [4.69, 9.17) is 0 Å². The third-order valence-electron chi connectivity index (χ3n) is 3.62. The van der Waals surface area contributed by atoms with Gasteiger partial charge in [0.05, 0.1) is 12.6 Å². The molecule has 1 aliphatic rings. The molecule has 0 bridgehead atoms. The van der Waals surface area contributed by atoms with Crippen LogP contribution in [0.3, 0.4) is 0 Å². The predicted molar refractivity (Wildman–Crippen MR) is 72.2 cm³/mol. The average molecular weight is 280 g/mol. The number of rotatable bonds is 2. The van der Waals surface area contributed by atoms with E-state index in [-0.39, 0.29) is 6.04 Å². The second kappa shape index (κ2) is 4.57. The summed E-state index contributed by atoms with van der Waals surface area (Å²) in [6.45, 7) is 1.13. The van der Waals surface area contributed by atoms with Crippen molar-refractivity contribution in [3.63, 3.8) is 0 Å². The maximum absolute atomic E-state index is 11.5. The van der Waals surface area contributed by atoms with E-state index in [2.05, 4.69) is 14.5 Å². The molecule has 1 fully saturated rings. The number of hydrogen-bond acceptors (Lipinski definition) is 4. The lowest BCUT2D eigenvalue weighted by molar-refractivity contribution is 0.278. The predicted octanol–water partition coefficient (Wildman–Crippen LogP) is 1.03. The molecule has 3 heterocycles. The van der Waals surface area contributed by atoms with Gasteiger partial charge in [0.1, 0.15) is 5.52 Å². The van der Waals surface area contributed by atoms with Gasteiger partial charge < -0.3 is 4.57 Å². The van der Waals surface area contributed by atoms with Crippen LogP contribution in [0.2, 0.25) is 0 Å². The van der Waals surface area contributed by atoms with Crippen LogP contribution in [0.15, 0.2) is 24.7 Å². The summed E-state index contributed by atoms with van der Waals surface area (Å²) >= 11 is 0. The van der Waals surface area contributed by atoms with Crippen LogP contribution in [0, 0.1) is 0 Å². The summed E-state index contributed by atoms with van der Waals surface area (Å²) in [6.07, 6.45) is 6.43. The summed E-state index contributed by atoms with van der Waals surface area (Å²) in [6, 6.07) is 4.08. The molecule has 0 amide bonds. The van der Waals surface area contributed by atoms with Gasteiger partial charge in [-0.15, -0.1) is 0 Å². The van der Waals surface area contributed by atoms with Crippen molar-refractivity contribution in [3.8, 4) is 0 Å². The Balaban J connectivity index is 1.82. The number of aromatic nitrogens is 3. The fourth-order valence-electron chi connectivity index (χ4n) is 2.59. The van der Waals surface area contributed by atoms with Crippen molar-refractivity contribution in [2.24, 2.45) is 0 Å². The highest BCUT2D eigenvalue weighted by Crippen LogP contribution is 2.26. The van der Waals surface area contributed by atoms with Crippen LogP contribution in [0.5, 0.6) is 0 Å². The number of sulfonamides is 1. The molecule has 0 aliphatic carbocycles. The van der Waals surface area contributed by atoms with E-state index in [0.717, 1.165) is 24.0 Å². The second-order valence-electron chi connectivity index (χ2n) is 4.89. The normalized spacial score (nSPS) is 19.0. The van der Waals surface area contributed by atoms with Gasteiger partial charge in [0.25, 0.3) is 0 Å². The lowest BCUT2D eigenvalue weighted by atomic mass is 10.1. The number of pyridine rings is 1. The van der Waals surface area contributed by atoms with Gasteiger partial charge in [-0.2, -0.15) is 0 Å². The minimum absolute atomic E-state index is 0.276. The van der Waals surface area contributed by atoms with Crippen molar-refractivity contribution >= 4 is 21.2 Å². The number of piperidine rings is 1. The van der Waals surface area contributed by atoms with E-state index in [1.165, 1.54) is 10.6 Å². The fraction of sp³-hybridized carbons (Fsp3) is 0.500. The summed E-state index contributed by atoms with van der Waals surface area (Å²) < 4.78 is 26.6. The van der Waals surface area contributed by atoms with E-state index in [1.807, 2.05) is 12.1 Å². The molecule has 0 saturated carbocycles. The maximum atomic E-state index is 11.5. The summed E-state index contributed by atoms with van der Waals surface area (Å²) in [4.78, 5) is 8.68. The molecule has 19 heavy (non-hydrogen) atoms. The molecule has 1 aliphatic heterocycles. The van der Waals surface area contributed by atoms with Crippen molar-refractivity contribution in [3.05, 3.63) is 24.7 Å². The third-order valence-corrected chi connectivity index (χ3v) is 4.92. The van der Waals surface area contributed by atoms with Crippen LogP contribution >= 0.6 is 0 Å². The molecular formula is C12H16N4O2S. The SMILES string of the molecule is CS(=O)(=O)N1CCC(n2cnc3cccnc32)CC1. The quantitative estimate of drug-likeness (QED) is 0.824. The zero-order valence-electron chi connectivity index (χ0n) is 10.7. The fourth-order valence-corrected chi connectivity index (χ4v) is 3.46. The highest BCUT2D eigenvalue weighted by molar-refractivity contribution is 7.88. The van der Waals surface area contributed by atoms with Crippen LogP contribution in [0.1, 0.15) is 18.9 Å². The second-order valence-corrected chi connectivity index (χ2v) is 6.87. The van der Waals surface area contributed by atoms with Gasteiger partial charge in [0, 0.05) is 25.3 Å². The number of fused-ring (bicyclic) bond motifs is 1. The van der Waals surface area contributed by atoms with E-state index in [1.54, 1.807) is 12.5 Å². The lowest BCUT2D eigenvalue weighted by Crippen LogP contribution is -2.38. The monoisotopic (exact) mass is 280 g/mol. The van der Waals surface area contributed by atoms with Gasteiger partial charge in [-0.25, -0.2) is 22.7 Å². The molecule has 0 aromatic carbocycles. The Kier molecular flexibility index (Phi) is 3.02. The van der Waals surface area contributed by atoms with E-state index >= 15 is 0 Å². The Morgan fingerprint density at radius 3 is 2.68 bits per heavy atom. The topological polar surface area (TPSA) is 68.1 Å². The summed E-state index contributed by atoms with van der Waals surface area (Å²) in [5, 5.41) is 0. The molecule has 0 radical (unpaired) electrons. The van der Waals surface area contributed by atoms with Crippen molar-refractivity contribution in [1.82, 2.24) is 18.8 Å². The maximum Gasteiger partial charge on any atom is 0.211 e. The molecule has 0 unspecified atom stereocenters. The molecule has 0 atom stereocenters. The van der Waals surface area contributed by atoms with Crippen LogP contribution in [0.25, 0.3) is 11.2 Å². The van der Waals surface area contributed by atoms with Crippen LogP contribution in [-0.4, -0.2) is 46.6 Å². The van der Waals surface area contributed by atoms with Gasteiger partial charge in [0.15, 0.2) is 5.65 Å². The highest BCUT2D eigenvalue weighted by Gasteiger charge is 2.26. The molecule has 3 rings (SSSR count). The summed E-state index contributed by atoms with van der Waals surface area (Å²) in [5.74, 6) is 0. The molecule has 7 heteroatoms. The van der Waals surface area contributed by atoms with Crippen LogP contribution in [-0.2, 0) is 10.0 Å². The number of nitrogens with zero attached hydrogens (tertiary/aromatic N) is 4. The highest BCUT2D eigenvalue weighted by atomic mass is 32.2. The zero-order valence-corrected chi connectivity index (χ0v) is 11.5. The van der Waals surface area contributed by atoms with Gasteiger partial charge in [-0.1, -0.05) is 0 Å². The lowest BCUT2D eigenvalue weighted by Gasteiger charge is -2.30. The minimum atomic E-state index is -3.07. The van der Waals surface area contributed by atoms with Crippen molar-refractivity contribution in [2.75, 3.05) is 19.3 Å². The first kappa shape index (κ1) is 12.6. The standard InChI is InChI=1S/C12H16N4O2S/c1-19(17,18)15-7-4-10(5-8-15)16-9-14-11-3-2-6-13-12(11)16/h2-3,6,9-10H,4-5,7-8H2,1H3. The Hall–Kier alpha value is -1.47. The van der Waals surface area contributed by atoms with Gasteiger partial charge in [-0.05, 0) is 25.0 Å². The molecule has 1 saturated heterocycles. The van der Waals surface area contributed by atoms with Gasteiger partial charge in [-0.3, -0.25) is 0 Å². The first-order valence-corrected chi connectivity index (χ1v) is 8.13. The molecule has 6 nitrogen and oxygen atoms in total. The Bertz CT molecular complexity index is 687. The third kappa shape index (κ3) is 2.35. The Morgan fingerprint density at radius 2 is 2.00 bits per heavy atom. The first-order chi connectivity index (χ1) is 9.05. The van der Waals surface area contributed by atoms with Gasteiger partial charge in [0.2, 0.25) is 10.0 Å². The van der Waals surface area contributed by atoms with E-state index in [0.29, 0.717) is 13.1 Å². The van der Waals surface area contributed by atoms with Crippen LogP contribution < -0.4 is 0 Å². The molecule has 2 aromatic rings. The summed E-state index contributed by atoms with van der Waals surface area (Å²) in [7, 11) is -3.07.